The minimum Gasteiger partial charge on any atom is -0.481 e. The number of carbonyl (C=O) groups is 2. The van der Waals surface area contributed by atoms with Crippen molar-refractivity contribution in [2.45, 2.75) is 39.5 Å². The third-order valence-electron chi connectivity index (χ3n) is 3.19. The number of nitrogens with one attached hydrogen (secondary N) is 1. The second kappa shape index (κ2) is 4.64. The summed E-state index contributed by atoms with van der Waals surface area (Å²) in [5.41, 5.74) is -0.211. The van der Waals surface area contributed by atoms with Crippen molar-refractivity contribution < 1.29 is 14.7 Å². The molecule has 2 N–H and O–H groups in total. The monoisotopic (exact) mass is 213 g/mol. The lowest BCUT2D eigenvalue weighted by Gasteiger charge is -2.27. The van der Waals surface area contributed by atoms with Crippen molar-refractivity contribution in [2.24, 2.45) is 11.3 Å². The average molecular weight is 213 g/mol. The van der Waals surface area contributed by atoms with Gasteiger partial charge in [0.1, 0.15) is 0 Å². The van der Waals surface area contributed by atoms with Crippen LogP contribution in [-0.4, -0.2) is 23.5 Å². The highest BCUT2D eigenvalue weighted by Crippen LogP contribution is 2.43. The predicted molar refractivity (Wildman–Crippen MR) is 56.4 cm³/mol. The molecule has 1 rings (SSSR count). The Morgan fingerprint density at radius 1 is 1.53 bits per heavy atom. The van der Waals surface area contributed by atoms with Crippen LogP contribution in [0.3, 0.4) is 0 Å². The van der Waals surface area contributed by atoms with Gasteiger partial charge in [0.2, 0.25) is 5.91 Å². The summed E-state index contributed by atoms with van der Waals surface area (Å²) in [5, 5.41) is 11.6. The second-order valence-corrected chi connectivity index (χ2v) is 4.83. The molecule has 1 aliphatic carbocycles. The molecule has 15 heavy (non-hydrogen) atoms. The molecule has 86 valence electrons. The van der Waals surface area contributed by atoms with Crippen LogP contribution in [0.15, 0.2) is 0 Å². The van der Waals surface area contributed by atoms with E-state index < -0.39 is 5.97 Å². The molecule has 0 saturated heterocycles. The summed E-state index contributed by atoms with van der Waals surface area (Å²) >= 11 is 0. The first-order valence-electron chi connectivity index (χ1n) is 5.40. The molecule has 0 bridgehead atoms. The third kappa shape index (κ3) is 3.53. The van der Waals surface area contributed by atoms with Gasteiger partial charge in [-0.05, 0) is 24.2 Å². The highest BCUT2D eigenvalue weighted by atomic mass is 16.4. The summed E-state index contributed by atoms with van der Waals surface area (Å²) < 4.78 is 0. The molecule has 1 fully saturated rings. The van der Waals surface area contributed by atoms with Gasteiger partial charge in [0.15, 0.2) is 0 Å². The average Bonchev–Trinajstić information content (AvgIpc) is 2.44. The number of hydrogen-bond donors (Lipinski definition) is 2. The Morgan fingerprint density at radius 3 is 2.60 bits per heavy atom. The van der Waals surface area contributed by atoms with Crippen LogP contribution in [0.1, 0.15) is 39.5 Å². The molecule has 0 aromatic rings. The zero-order chi connectivity index (χ0) is 11.5. The standard InChI is InChI=1S/C11H19NO3/c1-8-3-4-11(5-8,6-10(14)15)7-12-9(2)13/h8H,3-7H2,1-2H3,(H,12,13)(H,14,15). The van der Waals surface area contributed by atoms with Gasteiger partial charge in [-0.1, -0.05) is 13.3 Å². The van der Waals surface area contributed by atoms with E-state index in [9.17, 15) is 9.59 Å². The number of carbonyl (C=O) groups excluding carboxylic acids is 1. The molecule has 1 saturated carbocycles. The van der Waals surface area contributed by atoms with Crippen molar-refractivity contribution in [3.63, 3.8) is 0 Å². The molecule has 0 aliphatic heterocycles. The zero-order valence-electron chi connectivity index (χ0n) is 9.38. The van der Waals surface area contributed by atoms with Gasteiger partial charge in [0, 0.05) is 13.5 Å². The van der Waals surface area contributed by atoms with Crippen LogP contribution >= 0.6 is 0 Å². The quantitative estimate of drug-likeness (QED) is 0.742. The fraction of sp³-hybridized carbons (Fsp3) is 0.818. The van der Waals surface area contributed by atoms with Gasteiger partial charge in [-0.3, -0.25) is 9.59 Å². The SMILES string of the molecule is CC(=O)NCC1(CC(=O)O)CCC(C)C1. The Balaban J connectivity index is 2.60. The van der Waals surface area contributed by atoms with Crippen molar-refractivity contribution in [3.8, 4) is 0 Å². The highest BCUT2D eigenvalue weighted by molar-refractivity contribution is 5.73. The number of aliphatic carboxylic acids is 1. The van der Waals surface area contributed by atoms with E-state index in [1.807, 2.05) is 0 Å². The molecule has 2 atom stereocenters. The lowest BCUT2D eigenvalue weighted by atomic mass is 9.82. The molecular formula is C11H19NO3. The van der Waals surface area contributed by atoms with Gasteiger partial charge in [0.25, 0.3) is 0 Å². The van der Waals surface area contributed by atoms with E-state index in [0.29, 0.717) is 12.5 Å². The van der Waals surface area contributed by atoms with Crippen molar-refractivity contribution >= 4 is 11.9 Å². The molecule has 1 amide bonds. The highest BCUT2D eigenvalue weighted by Gasteiger charge is 2.39. The van der Waals surface area contributed by atoms with E-state index in [4.69, 9.17) is 5.11 Å². The van der Waals surface area contributed by atoms with Gasteiger partial charge < -0.3 is 10.4 Å². The van der Waals surface area contributed by atoms with E-state index >= 15 is 0 Å². The summed E-state index contributed by atoms with van der Waals surface area (Å²) in [5.74, 6) is -0.285. The first kappa shape index (κ1) is 12.0. The summed E-state index contributed by atoms with van der Waals surface area (Å²) in [4.78, 5) is 21.7. The predicted octanol–water partition coefficient (Wildman–Crippen LogP) is 1.40. The molecule has 4 nitrogen and oxygen atoms in total. The summed E-state index contributed by atoms with van der Waals surface area (Å²) in [7, 11) is 0. The molecular weight excluding hydrogens is 194 g/mol. The molecule has 2 unspecified atom stereocenters. The van der Waals surface area contributed by atoms with E-state index in [2.05, 4.69) is 12.2 Å². The van der Waals surface area contributed by atoms with Gasteiger partial charge in [-0.15, -0.1) is 0 Å². The number of rotatable bonds is 4. The van der Waals surface area contributed by atoms with Crippen LogP contribution in [0.5, 0.6) is 0 Å². The molecule has 0 radical (unpaired) electrons. The van der Waals surface area contributed by atoms with E-state index in [0.717, 1.165) is 19.3 Å². The topological polar surface area (TPSA) is 66.4 Å². The molecule has 4 heteroatoms. The van der Waals surface area contributed by atoms with Crippen LogP contribution < -0.4 is 5.32 Å². The summed E-state index contributed by atoms with van der Waals surface area (Å²) in [6, 6.07) is 0. The van der Waals surface area contributed by atoms with Gasteiger partial charge in [-0.2, -0.15) is 0 Å². The maximum atomic E-state index is 10.9. The van der Waals surface area contributed by atoms with Gasteiger partial charge in [0.05, 0.1) is 6.42 Å². The normalized spacial score (nSPS) is 30.1. The van der Waals surface area contributed by atoms with Crippen molar-refractivity contribution in [1.82, 2.24) is 5.32 Å². The maximum Gasteiger partial charge on any atom is 0.303 e. The van der Waals surface area contributed by atoms with Crippen LogP contribution in [0.2, 0.25) is 0 Å². The summed E-state index contributed by atoms with van der Waals surface area (Å²) in [6.07, 6.45) is 3.03. The Labute approximate surface area is 90.0 Å². The molecule has 0 spiro atoms. The Bertz CT molecular complexity index is 265. The summed E-state index contributed by atoms with van der Waals surface area (Å²) in [6.45, 7) is 4.10. The smallest absolute Gasteiger partial charge is 0.303 e. The number of carboxylic acids is 1. The minimum absolute atomic E-state index is 0.0840. The first-order chi connectivity index (χ1) is 6.93. The molecule has 0 aromatic heterocycles. The molecule has 0 heterocycles. The van der Waals surface area contributed by atoms with E-state index in [-0.39, 0.29) is 17.7 Å². The number of hydrogen-bond acceptors (Lipinski definition) is 2. The van der Waals surface area contributed by atoms with Crippen LogP contribution in [0, 0.1) is 11.3 Å². The molecule has 1 aliphatic rings. The van der Waals surface area contributed by atoms with Crippen LogP contribution in [0.4, 0.5) is 0 Å². The maximum absolute atomic E-state index is 10.9. The van der Waals surface area contributed by atoms with Crippen LogP contribution in [-0.2, 0) is 9.59 Å². The minimum atomic E-state index is -0.769. The first-order valence-corrected chi connectivity index (χ1v) is 5.40. The van der Waals surface area contributed by atoms with E-state index in [1.54, 1.807) is 0 Å². The Kier molecular flexibility index (Phi) is 3.72. The fourth-order valence-electron chi connectivity index (χ4n) is 2.51. The lowest BCUT2D eigenvalue weighted by molar-refractivity contribution is -0.140. The number of amides is 1. The largest absolute Gasteiger partial charge is 0.481 e. The van der Waals surface area contributed by atoms with Crippen molar-refractivity contribution in [2.75, 3.05) is 6.54 Å². The van der Waals surface area contributed by atoms with Gasteiger partial charge >= 0.3 is 5.97 Å². The number of carboxylic acid groups (broad SMARTS) is 1. The van der Waals surface area contributed by atoms with Crippen LogP contribution in [0.25, 0.3) is 0 Å². The van der Waals surface area contributed by atoms with Gasteiger partial charge in [-0.25, -0.2) is 0 Å². The van der Waals surface area contributed by atoms with Crippen molar-refractivity contribution in [3.05, 3.63) is 0 Å². The van der Waals surface area contributed by atoms with E-state index in [1.165, 1.54) is 6.92 Å². The third-order valence-corrected chi connectivity index (χ3v) is 3.19. The molecule has 0 aromatic carbocycles. The zero-order valence-corrected chi connectivity index (χ0v) is 9.38. The fourth-order valence-corrected chi connectivity index (χ4v) is 2.51. The lowest BCUT2D eigenvalue weighted by Crippen LogP contribution is -2.36. The Morgan fingerprint density at radius 2 is 2.20 bits per heavy atom. The van der Waals surface area contributed by atoms with Crippen molar-refractivity contribution in [1.29, 1.82) is 0 Å². The Hall–Kier alpha value is -1.06. The second-order valence-electron chi connectivity index (χ2n) is 4.83.